The van der Waals surface area contributed by atoms with Crippen LogP contribution in [0.3, 0.4) is 0 Å². The monoisotopic (exact) mass is 407 g/mol. The summed E-state index contributed by atoms with van der Waals surface area (Å²) in [4.78, 5) is 8.53. The summed E-state index contributed by atoms with van der Waals surface area (Å²) in [5.41, 5.74) is 2.15. The minimum absolute atomic E-state index is 0.179. The number of aromatic nitrogens is 1. The van der Waals surface area contributed by atoms with Crippen LogP contribution in [0.2, 0.25) is 0 Å². The average Bonchev–Trinajstić information content (AvgIpc) is 2.42. The van der Waals surface area contributed by atoms with E-state index >= 15 is 0 Å². The standard InChI is InChI=1S/C13H12N2O.3ClH.Zr/c1-10(11-6-4-5-9-14-11)15-12-7-2-3-8-13(12)16;;;;/h2-9,16H,1H3;3*1H;/q;;;;+3/p-3. The third kappa shape index (κ3) is 6.85. The Morgan fingerprint density at radius 3 is 2.25 bits per heavy atom. The minimum atomic E-state index is -2.13. The van der Waals surface area contributed by atoms with E-state index in [1.54, 1.807) is 24.4 Å². The number of rotatable bonds is 2. The molecule has 0 aliphatic carbocycles. The number of nitrogens with zero attached hydrogens (tertiary/aromatic N) is 2. The topological polar surface area (TPSA) is 45.5 Å². The molecule has 2 aromatic rings. The molecule has 1 heterocycles. The van der Waals surface area contributed by atoms with Gasteiger partial charge in [0, 0.05) is 6.20 Å². The first-order valence-corrected chi connectivity index (χ1v) is 15.1. The fourth-order valence-electron chi connectivity index (χ4n) is 1.37. The van der Waals surface area contributed by atoms with Crippen LogP contribution < -0.4 is 0 Å². The number of hydrogen-bond acceptors (Lipinski definition) is 3. The molecule has 1 N–H and O–H groups in total. The summed E-state index contributed by atoms with van der Waals surface area (Å²) in [5.74, 6) is 0.179. The van der Waals surface area contributed by atoms with Crippen LogP contribution in [0.4, 0.5) is 5.69 Å². The van der Waals surface area contributed by atoms with Crippen LogP contribution in [0.1, 0.15) is 12.6 Å². The van der Waals surface area contributed by atoms with Gasteiger partial charge >= 0.3 is 43.7 Å². The van der Waals surface area contributed by atoms with Gasteiger partial charge < -0.3 is 5.11 Å². The van der Waals surface area contributed by atoms with Crippen LogP contribution in [-0.2, 0) is 18.2 Å². The Morgan fingerprint density at radius 2 is 1.70 bits per heavy atom. The quantitative estimate of drug-likeness (QED) is 0.710. The Morgan fingerprint density at radius 1 is 1.10 bits per heavy atom. The second-order valence-electron chi connectivity index (χ2n) is 3.62. The zero-order valence-corrected chi connectivity index (χ0v) is 15.3. The molecule has 0 amide bonds. The molecule has 0 atom stereocenters. The van der Waals surface area contributed by atoms with Gasteiger partial charge in [0.2, 0.25) is 0 Å². The number of benzene rings is 1. The third-order valence-corrected chi connectivity index (χ3v) is 2.21. The van der Waals surface area contributed by atoms with E-state index in [0.29, 0.717) is 5.69 Å². The predicted octanol–water partition coefficient (Wildman–Crippen LogP) is 4.99. The van der Waals surface area contributed by atoms with Gasteiger partial charge in [-0.1, -0.05) is 18.2 Å². The number of pyridine rings is 1. The van der Waals surface area contributed by atoms with Crippen molar-refractivity contribution in [3.63, 3.8) is 0 Å². The summed E-state index contributed by atoms with van der Waals surface area (Å²) in [6.07, 6.45) is 1.72. The fourth-order valence-corrected chi connectivity index (χ4v) is 1.37. The summed E-state index contributed by atoms with van der Waals surface area (Å²) < 4.78 is 0. The first-order chi connectivity index (χ1) is 9.50. The van der Waals surface area contributed by atoms with Crippen LogP contribution in [0.5, 0.6) is 5.75 Å². The normalized spacial score (nSPS) is 10.5. The summed E-state index contributed by atoms with van der Waals surface area (Å²) in [7, 11) is 15.0. The van der Waals surface area contributed by atoms with Crippen molar-refractivity contribution in [1.29, 1.82) is 0 Å². The van der Waals surface area contributed by atoms with E-state index in [1.807, 2.05) is 31.2 Å². The second kappa shape index (κ2) is 9.52. The summed E-state index contributed by atoms with van der Waals surface area (Å²) in [6.45, 7) is 1.87. The van der Waals surface area contributed by atoms with Crippen LogP contribution in [-0.4, -0.2) is 15.8 Å². The van der Waals surface area contributed by atoms with Crippen molar-refractivity contribution in [3.05, 3.63) is 54.4 Å². The molecule has 0 spiro atoms. The van der Waals surface area contributed by atoms with Gasteiger partial charge in [-0.3, -0.25) is 4.98 Å². The van der Waals surface area contributed by atoms with Gasteiger partial charge in [0.15, 0.2) is 0 Å². The number of aliphatic imine (C=N–C) groups is 1. The molecule has 0 unspecified atom stereocenters. The number of para-hydroxylation sites is 2. The first kappa shape index (κ1) is 17.6. The molecule has 0 aliphatic heterocycles. The van der Waals surface area contributed by atoms with Crippen LogP contribution in [0.15, 0.2) is 53.7 Å². The maximum absolute atomic E-state index is 9.58. The Balaban J connectivity index is 0.000000444. The second-order valence-corrected chi connectivity index (χ2v) is 14.8. The molecule has 7 heteroatoms. The summed E-state index contributed by atoms with van der Waals surface area (Å²) in [5, 5.41) is 9.58. The van der Waals surface area contributed by atoms with E-state index < -0.39 is 18.2 Å². The molecule has 0 saturated carbocycles. The number of hydrogen-bond donors (Lipinski definition) is 1. The number of halogens is 3. The van der Waals surface area contributed by atoms with Crippen LogP contribution in [0, 0.1) is 0 Å². The van der Waals surface area contributed by atoms with Crippen molar-refractivity contribution in [1.82, 2.24) is 4.98 Å². The fraction of sp³-hybridized carbons (Fsp3) is 0.0769. The molecule has 2 rings (SSSR count). The SMILES string of the molecule is CC(=Nc1ccccc1O)c1ccccn1.[Cl][Zr]([Cl])[Cl]. The summed E-state index contributed by atoms with van der Waals surface area (Å²) in [6, 6.07) is 12.6. The van der Waals surface area contributed by atoms with Crippen LogP contribution in [0.25, 0.3) is 0 Å². The number of phenolic OH excluding ortho intramolecular Hbond substituents is 1. The molecule has 0 fully saturated rings. The molecule has 20 heavy (non-hydrogen) atoms. The molecular formula is C13H12Cl3N2OZr. The molecule has 3 nitrogen and oxygen atoms in total. The van der Waals surface area contributed by atoms with Crippen molar-refractivity contribution in [3.8, 4) is 5.75 Å². The Hall–Kier alpha value is -0.407. The zero-order valence-electron chi connectivity index (χ0n) is 10.6. The van der Waals surface area contributed by atoms with Gasteiger partial charge in [-0.15, -0.1) is 0 Å². The number of aromatic hydroxyl groups is 1. The Bertz CT molecular complexity index is 562. The van der Waals surface area contributed by atoms with Crippen molar-refractivity contribution in [2.75, 3.05) is 0 Å². The van der Waals surface area contributed by atoms with Gasteiger partial charge in [-0.05, 0) is 31.2 Å². The summed E-state index contributed by atoms with van der Waals surface area (Å²) >= 11 is -2.13. The van der Waals surface area contributed by atoms with E-state index in [9.17, 15) is 5.11 Å². The molecule has 0 bridgehead atoms. The first-order valence-electron chi connectivity index (χ1n) is 5.59. The van der Waals surface area contributed by atoms with Gasteiger partial charge in [0.25, 0.3) is 0 Å². The molecule has 1 aromatic carbocycles. The van der Waals surface area contributed by atoms with Crippen molar-refractivity contribution in [2.24, 2.45) is 4.99 Å². The zero-order chi connectivity index (χ0) is 15.0. The Labute approximate surface area is 136 Å². The van der Waals surface area contributed by atoms with E-state index in [4.69, 9.17) is 25.5 Å². The van der Waals surface area contributed by atoms with Gasteiger partial charge in [-0.25, -0.2) is 4.99 Å². The van der Waals surface area contributed by atoms with Gasteiger partial charge in [0.05, 0.1) is 11.4 Å². The van der Waals surface area contributed by atoms with Crippen molar-refractivity contribution >= 4 is 36.9 Å². The number of phenols is 1. The molecule has 1 aromatic heterocycles. The molecule has 0 saturated heterocycles. The van der Waals surface area contributed by atoms with E-state index in [0.717, 1.165) is 11.4 Å². The van der Waals surface area contributed by atoms with E-state index in [1.165, 1.54) is 0 Å². The van der Waals surface area contributed by atoms with Gasteiger partial charge in [-0.2, -0.15) is 0 Å². The predicted molar refractivity (Wildman–Crippen MR) is 81.8 cm³/mol. The van der Waals surface area contributed by atoms with E-state index in [2.05, 4.69) is 9.98 Å². The average molecular weight is 410 g/mol. The van der Waals surface area contributed by atoms with Crippen molar-refractivity contribution in [2.45, 2.75) is 6.92 Å². The third-order valence-electron chi connectivity index (χ3n) is 2.21. The molecule has 0 radical (unpaired) electrons. The molecule has 0 aliphatic rings. The van der Waals surface area contributed by atoms with Crippen LogP contribution >= 0.6 is 25.5 Å². The van der Waals surface area contributed by atoms with E-state index in [-0.39, 0.29) is 5.75 Å². The van der Waals surface area contributed by atoms with Crippen molar-refractivity contribution < 1.29 is 23.3 Å². The van der Waals surface area contributed by atoms with Gasteiger partial charge in [0.1, 0.15) is 11.4 Å². The molecule has 105 valence electrons. The Kier molecular flexibility index (Phi) is 8.39. The molecular weight excluding hydrogens is 398 g/mol. The maximum atomic E-state index is 9.58.